The number of nitrogens with one attached hydrogen (secondary N) is 1. The Bertz CT molecular complexity index is 941. The Labute approximate surface area is 165 Å². The van der Waals surface area contributed by atoms with Gasteiger partial charge in [0.25, 0.3) is 0 Å². The second kappa shape index (κ2) is 7.71. The number of carbonyl (C=O) groups is 2. The van der Waals surface area contributed by atoms with E-state index in [1.165, 1.54) is 24.3 Å². The Morgan fingerprint density at radius 2 is 1.85 bits per heavy atom. The minimum absolute atomic E-state index is 0.0942. The molecule has 2 aromatic carbocycles. The monoisotopic (exact) mass is 407 g/mol. The summed E-state index contributed by atoms with van der Waals surface area (Å²) in [7, 11) is 0. The molecule has 3 rings (SSSR count). The van der Waals surface area contributed by atoms with Crippen molar-refractivity contribution in [2.75, 3.05) is 6.67 Å². The number of amides is 1. The van der Waals surface area contributed by atoms with Crippen LogP contribution in [0.4, 0.5) is 4.39 Å². The summed E-state index contributed by atoms with van der Waals surface area (Å²) < 4.78 is 13.5. The fraction of sp³-hybridized carbons (Fsp3) is 0.200. The summed E-state index contributed by atoms with van der Waals surface area (Å²) in [6.07, 6.45) is 1.67. The van der Waals surface area contributed by atoms with Crippen molar-refractivity contribution >= 4 is 41.2 Å². The van der Waals surface area contributed by atoms with E-state index in [4.69, 9.17) is 28.3 Å². The Morgan fingerprint density at radius 1 is 1.19 bits per heavy atom. The zero-order valence-electron chi connectivity index (χ0n) is 14.3. The van der Waals surface area contributed by atoms with Gasteiger partial charge in [0.15, 0.2) is 0 Å². The van der Waals surface area contributed by atoms with Crippen molar-refractivity contribution < 1.29 is 19.1 Å². The van der Waals surface area contributed by atoms with E-state index >= 15 is 0 Å². The topological polar surface area (TPSA) is 66.4 Å². The quantitative estimate of drug-likeness (QED) is 0.730. The fourth-order valence-electron chi connectivity index (χ4n) is 3.13. The summed E-state index contributed by atoms with van der Waals surface area (Å²) in [4.78, 5) is 23.6. The van der Waals surface area contributed by atoms with E-state index in [2.05, 4.69) is 5.32 Å². The minimum atomic E-state index is -1.07. The van der Waals surface area contributed by atoms with E-state index in [9.17, 15) is 14.0 Å². The molecule has 0 aromatic heterocycles. The van der Waals surface area contributed by atoms with E-state index in [0.29, 0.717) is 26.7 Å². The maximum absolute atomic E-state index is 13.5. The van der Waals surface area contributed by atoms with Gasteiger partial charge in [-0.05, 0) is 41.0 Å². The van der Waals surface area contributed by atoms with Gasteiger partial charge in [0, 0.05) is 11.5 Å². The molecule has 2 unspecified atom stereocenters. The molecule has 0 heterocycles. The van der Waals surface area contributed by atoms with E-state index in [1.807, 2.05) is 13.0 Å². The average Bonchev–Trinajstić information content (AvgIpc) is 3.00. The molecule has 4 nitrogen and oxygen atoms in total. The maximum atomic E-state index is 13.5. The first-order valence-corrected chi connectivity index (χ1v) is 8.98. The lowest BCUT2D eigenvalue weighted by molar-refractivity contribution is -0.118. The summed E-state index contributed by atoms with van der Waals surface area (Å²) in [5.41, 5.74) is 2.63. The number of benzene rings is 2. The van der Waals surface area contributed by atoms with Crippen LogP contribution in [0.5, 0.6) is 0 Å². The number of rotatable bonds is 5. The molecule has 1 aliphatic rings. The fourth-order valence-corrected chi connectivity index (χ4v) is 3.52. The van der Waals surface area contributed by atoms with Crippen LogP contribution in [-0.2, 0) is 4.79 Å². The third kappa shape index (κ3) is 3.70. The van der Waals surface area contributed by atoms with Crippen LogP contribution in [0.1, 0.15) is 45.9 Å². The molecule has 140 valence electrons. The summed E-state index contributed by atoms with van der Waals surface area (Å²) in [6, 6.07) is 8.36. The van der Waals surface area contributed by atoms with Gasteiger partial charge in [-0.2, -0.15) is 0 Å². The zero-order valence-corrected chi connectivity index (χ0v) is 15.8. The van der Waals surface area contributed by atoms with Crippen LogP contribution in [0, 0.1) is 0 Å². The van der Waals surface area contributed by atoms with Crippen LogP contribution >= 0.6 is 23.2 Å². The van der Waals surface area contributed by atoms with Crippen molar-refractivity contribution in [2.45, 2.75) is 18.9 Å². The molecular formula is C20H16Cl2FNO3. The number of carboxylic acid groups (broad SMARTS) is 1. The van der Waals surface area contributed by atoms with Gasteiger partial charge < -0.3 is 10.4 Å². The first-order valence-electron chi connectivity index (χ1n) is 8.23. The molecule has 27 heavy (non-hydrogen) atoms. The third-order valence-corrected chi connectivity index (χ3v) is 5.50. The molecule has 0 saturated heterocycles. The maximum Gasteiger partial charge on any atom is 0.335 e. The molecule has 0 spiro atoms. The van der Waals surface area contributed by atoms with Crippen LogP contribution in [0.25, 0.3) is 6.08 Å². The molecule has 1 amide bonds. The molecular weight excluding hydrogens is 392 g/mol. The van der Waals surface area contributed by atoms with Crippen LogP contribution in [0.15, 0.2) is 42.0 Å². The van der Waals surface area contributed by atoms with Crippen molar-refractivity contribution in [1.29, 1.82) is 0 Å². The third-order valence-electron chi connectivity index (χ3n) is 4.68. The van der Waals surface area contributed by atoms with E-state index < -0.39 is 24.6 Å². The summed E-state index contributed by atoms with van der Waals surface area (Å²) >= 11 is 12.3. The zero-order chi connectivity index (χ0) is 19.7. The smallest absolute Gasteiger partial charge is 0.335 e. The normalized spacial score (nSPS) is 16.4. The highest BCUT2D eigenvalue weighted by atomic mass is 35.5. The van der Waals surface area contributed by atoms with Crippen molar-refractivity contribution in [1.82, 2.24) is 5.32 Å². The number of carbonyl (C=O) groups excluding carboxylic acids is 1. The first kappa shape index (κ1) is 19.4. The molecule has 2 atom stereocenters. The summed E-state index contributed by atoms with van der Waals surface area (Å²) in [6.45, 7) is 1.05. The SMILES string of the molecule is CC1C(C(=O)NC(CF)c2ccc(C(=O)O)cc2)=Cc2c1ccc(Cl)c2Cl. The highest BCUT2D eigenvalue weighted by Gasteiger charge is 2.29. The van der Waals surface area contributed by atoms with Gasteiger partial charge in [-0.1, -0.05) is 48.3 Å². The number of fused-ring (bicyclic) bond motifs is 1. The second-order valence-electron chi connectivity index (χ2n) is 6.29. The molecule has 7 heteroatoms. The molecule has 1 aliphatic carbocycles. The Balaban J connectivity index is 1.81. The Morgan fingerprint density at radius 3 is 2.44 bits per heavy atom. The molecule has 2 N–H and O–H groups in total. The molecule has 0 aliphatic heterocycles. The lowest BCUT2D eigenvalue weighted by Crippen LogP contribution is -2.31. The van der Waals surface area contributed by atoms with E-state index in [0.717, 1.165) is 5.56 Å². The second-order valence-corrected chi connectivity index (χ2v) is 7.08. The standard InChI is InChI=1S/C20H16Cl2FNO3/c1-10-13-6-7-16(21)18(22)15(13)8-14(10)19(25)24-17(9-23)11-2-4-12(5-3-11)20(26)27/h2-8,10,17H,9H2,1H3,(H,24,25)(H,26,27). The van der Waals surface area contributed by atoms with Crippen molar-refractivity contribution in [2.24, 2.45) is 0 Å². The largest absolute Gasteiger partial charge is 0.478 e. The molecule has 0 radical (unpaired) electrons. The predicted octanol–water partition coefficient (Wildman–Crippen LogP) is 5.02. The van der Waals surface area contributed by atoms with Gasteiger partial charge in [0.2, 0.25) is 5.91 Å². The van der Waals surface area contributed by atoms with Crippen LogP contribution in [0.3, 0.4) is 0 Å². The number of alkyl halides is 1. The van der Waals surface area contributed by atoms with Gasteiger partial charge in [-0.3, -0.25) is 4.79 Å². The van der Waals surface area contributed by atoms with E-state index in [-0.39, 0.29) is 11.5 Å². The Kier molecular flexibility index (Phi) is 5.53. The number of halogens is 3. The van der Waals surface area contributed by atoms with Gasteiger partial charge in [-0.25, -0.2) is 9.18 Å². The lowest BCUT2D eigenvalue weighted by Gasteiger charge is -2.18. The number of hydrogen-bond acceptors (Lipinski definition) is 2. The Hall–Kier alpha value is -2.37. The summed E-state index contributed by atoms with van der Waals surface area (Å²) in [5.74, 6) is -1.68. The lowest BCUT2D eigenvalue weighted by atomic mass is 9.97. The minimum Gasteiger partial charge on any atom is -0.478 e. The van der Waals surface area contributed by atoms with Gasteiger partial charge >= 0.3 is 5.97 Å². The number of carboxylic acids is 1. The number of aromatic carboxylic acids is 1. The van der Waals surface area contributed by atoms with Gasteiger partial charge in [-0.15, -0.1) is 0 Å². The van der Waals surface area contributed by atoms with Crippen LogP contribution in [0.2, 0.25) is 10.0 Å². The van der Waals surface area contributed by atoms with Crippen molar-refractivity contribution in [3.63, 3.8) is 0 Å². The van der Waals surface area contributed by atoms with Gasteiger partial charge in [0.1, 0.15) is 6.67 Å². The highest BCUT2D eigenvalue weighted by Crippen LogP contribution is 2.42. The van der Waals surface area contributed by atoms with E-state index in [1.54, 1.807) is 12.1 Å². The van der Waals surface area contributed by atoms with Crippen molar-refractivity contribution in [3.8, 4) is 0 Å². The molecule has 2 aromatic rings. The van der Waals surface area contributed by atoms with Crippen molar-refractivity contribution in [3.05, 3.63) is 74.3 Å². The molecule has 0 fully saturated rings. The summed E-state index contributed by atoms with van der Waals surface area (Å²) in [5, 5.41) is 12.4. The van der Waals surface area contributed by atoms with Crippen LogP contribution < -0.4 is 5.32 Å². The average molecular weight is 408 g/mol. The van der Waals surface area contributed by atoms with Crippen LogP contribution in [-0.4, -0.2) is 23.7 Å². The van der Waals surface area contributed by atoms with Gasteiger partial charge in [0.05, 0.1) is 21.7 Å². The number of hydrogen-bond donors (Lipinski definition) is 2. The molecule has 0 saturated carbocycles. The predicted molar refractivity (Wildman–Crippen MR) is 103 cm³/mol. The molecule has 0 bridgehead atoms. The highest BCUT2D eigenvalue weighted by molar-refractivity contribution is 6.43. The first-order chi connectivity index (χ1) is 12.8.